The molecule has 4 rings (SSSR count). The highest BCUT2D eigenvalue weighted by atomic mass is 16.3. The van der Waals surface area contributed by atoms with Crippen molar-refractivity contribution in [3.05, 3.63) is 144 Å². The standard InChI is InChI=1S/C32H34N2O2/c1-24(26-16-8-3-9-17-26)33-23-30(35)29(22-25-14-6-2-7-15-25)34-32(36)31(27-18-10-4-11-19-27)28-20-12-5-13-21-28/h2-21,24,29-31,33,35H,22-23H2,1H3,(H,34,36)/t24-,29-,30+/m0/s1. The summed E-state index contributed by atoms with van der Waals surface area (Å²) in [5.74, 6) is -0.586. The molecule has 0 heterocycles. The Morgan fingerprint density at radius 3 is 1.64 bits per heavy atom. The molecule has 3 atom stereocenters. The maximum atomic E-state index is 13.8. The van der Waals surface area contributed by atoms with E-state index < -0.39 is 18.1 Å². The smallest absolute Gasteiger partial charge is 0.232 e. The van der Waals surface area contributed by atoms with Gasteiger partial charge in [-0.2, -0.15) is 0 Å². The minimum Gasteiger partial charge on any atom is -0.390 e. The van der Waals surface area contributed by atoms with E-state index in [1.165, 1.54) is 0 Å². The van der Waals surface area contributed by atoms with Crippen molar-refractivity contribution in [2.24, 2.45) is 0 Å². The number of carbonyl (C=O) groups excluding carboxylic acids is 1. The van der Waals surface area contributed by atoms with E-state index in [1.54, 1.807) is 0 Å². The van der Waals surface area contributed by atoms with Crippen LogP contribution in [0.1, 0.15) is 41.1 Å². The van der Waals surface area contributed by atoms with E-state index in [1.807, 2.05) is 109 Å². The highest BCUT2D eigenvalue weighted by molar-refractivity contribution is 5.87. The fourth-order valence-electron chi connectivity index (χ4n) is 4.50. The molecule has 1 amide bonds. The summed E-state index contributed by atoms with van der Waals surface area (Å²) in [5.41, 5.74) is 4.06. The highest BCUT2D eigenvalue weighted by Gasteiger charge is 2.28. The molecule has 0 radical (unpaired) electrons. The molecule has 36 heavy (non-hydrogen) atoms. The Labute approximate surface area is 214 Å². The predicted molar refractivity (Wildman–Crippen MR) is 146 cm³/mol. The van der Waals surface area contributed by atoms with E-state index in [0.717, 1.165) is 22.3 Å². The third kappa shape index (κ3) is 6.91. The van der Waals surface area contributed by atoms with Crippen molar-refractivity contribution < 1.29 is 9.90 Å². The first kappa shape index (κ1) is 25.4. The number of amides is 1. The minimum atomic E-state index is -0.771. The molecule has 4 heteroatoms. The topological polar surface area (TPSA) is 61.4 Å². The van der Waals surface area contributed by atoms with Crippen LogP contribution in [0.25, 0.3) is 0 Å². The summed E-state index contributed by atoms with van der Waals surface area (Å²) in [6.07, 6.45) is -0.238. The molecular weight excluding hydrogens is 444 g/mol. The van der Waals surface area contributed by atoms with Gasteiger partial charge >= 0.3 is 0 Å². The molecule has 0 bridgehead atoms. The number of aliphatic hydroxyl groups is 1. The van der Waals surface area contributed by atoms with Gasteiger partial charge in [-0.05, 0) is 35.6 Å². The van der Waals surface area contributed by atoms with Crippen LogP contribution in [0.2, 0.25) is 0 Å². The molecule has 4 nitrogen and oxygen atoms in total. The molecule has 3 N–H and O–H groups in total. The lowest BCUT2D eigenvalue weighted by atomic mass is 9.89. The molecule has 0 aliphatic rings. The van der Waals surface area contributed by atoms with Crippen LogP contribution < -0.4 is 10.6 Å². The lowest BCUT2D eigenvalue weighted by Gasteiger charge is -2.28. The van der Waals surface area contributed by atoms with Crippen molar-refractivity contribution in [3.8, 4) is 0 Å². The first-order valence-electron chi connectivity index (χ1n) is 12.5. The van der Waals surface area contributed by atoms with Crippen molar-refractivity contribution in [3.63, 3.8) is 0 Å². The fourth-order valence-corrected chi connectivity index (χ4v) is 4.50. The Bertz CT molecular complexity index is 1140. The third-order valence-corrected chi connectivity index (χ3v) is 6.55. The van der Waals surface area contributed by atoms with E-state index >= 15 is 0 Å². The summed E-state index contributed by atoms with van der Waals surface area (Å²) in [6.45, 7) is 2.43. The van der Waals surface area contributed by atoms with Gasteiger partial charge in [0, 0.05) is 12.6 Å². The Morgan fingerprint density at radius 1 is 0.694 bits per heavy atom. The quantitative estimate of drug-likeness (QED) is 0.276. The number of nitrogens with one attached hydrogen (secondary N) is 2. The second-order valence-corrected chi connectivity index (χ2v) is 9.17. The summed E-state index contributed by atoms with van der Waals surface area (Å²) >= 11 is 0. The number of hydrogen-bond donors (Lipinski definition) is 3. The van der Waals surface area contributed by atoms with Gasteiger partial charge in [-0.15, -0.1) is 0 Å². The second-order valence-electron chi connectivity index (χ2n) is 9.17. The summed E-state index contributed by atoms with van der Waals surface area (Å²) in [6, 6.07) is 39.3. The Morgan fingerprint density at radius 2 is 1.14 bits per heavy atom. The van der Waals surface area contributed by atoms with Crippen molar-refractivity contribution in [2.75, 3.05) is 6.54 Å². The normalized spacial score (nSPS) is 13.6. The molecule has 0 saturated heterocycles. The summed E-state index contributed by atoms with van der Waals surface area (Å²) < 4.78 is 0. The molecule has 0 spiro atoms. The molecule has 0 aliphatic carbocycles. The average molecular weight is 479 g/mol. The molecule has 4 aromatic carbocycles. The Hall–Kier alpha value is -3.73. The van der Waals surface area contributed by atoms with E-state index in [2.05, 4.69) is 29.7 Å². The third-order valence-electron chi connectivity index (χ3n) is 6.55. The zero-order valence-electron chi connectivity index (χ0n) is 20.6. The summed E-state index contributed by atoms with van der Waals surface area (Å²) in [4.78, 5) is 13.8. The second kappa shape index (κ2) is 12.8. The molecule has 0 aliphatic heterocycles. The SMILES string of the molecule is C[C@H](NC[C@@H](O)[C@H](Cc1ccccc1)NC(=O)C(c1ccccc1)c1ccccc1)c1ccccc1. The van der Waals surface area contributed by atoms with E-state index in [4.69, 9.17) is 0 Å². The number of carbonyl (C=O) groups is 1. The zero-order valence-corrected chi connectivity index (χ0v) is 20.6. The van der Waals surface area contributed by atoms with Crippen LogP contribution >= 0.6 is 0 Å². The maximum Gasteiger partial charge on any atom is 0.232 e. The van der Waals surface area contributed by atoms with Crippen LogP contribution in [-0.2, 0) is 11.2 Å². The van der Waals surface area contributed by atoms with Crippen LogP contribution in [0.3, 0.4) is 0 Å². The monoisotopic (exact) mass is 478 g/mol. The van der Waals surface area contributed by atoms with Gasteiger partial charge in [0.15, 0.2) is 0 Å². The van der Waals surface area contributed by atoms with E-state index in [-0.39, 0.29) is 11.9 Å². The van der Waals surface area contributed by atoms with Crippen molar-refractivity contribution in [1.82, 2.24) is 10.6 Å². The van der Waals surface area contributed by atoms with Crippen LogP contribution in [0.5, 0.6) is 0 Å². The molecule has 0 unspecified atom stereocenters. The van der Waals surface area contributed by atoms with Crippen LogP contribution in [0.15, 0.2) is 121 Å². The average Bonchev–Trinajstić information content (AvgIpc) is 2.93. The molecule has 184 valence electrons. The molecule has 0 saturated carbocycles. The van der Waals surface area contributed by atoms with Crippen LogP contribution in [0.4, 0.5) is 0 Å². The van der Waals surface area contributed by atoms with Crippen LogP contribution in [-0.4, -0.2) is 29.7 Å². The molecule has 0 aromatic heterocycles. The lowest BCUT2D eigenvalue weighted by Crippen LogP contribution is -2.50. The number of rotatable bonds is 11. The summed E-state index contributed by atoms with van der Waals surface area (Å²) in [7, 11) is 0. The number of benzene rings is 4. The van der Waals surface area contributed by atoms with Gasteiger partial charge in [0.05, 0.1) is 18.1 Å². The van der Waals surface area contributed by atoms with Crippen molar-refractivity contribution in [2.45, 2.75) is 37.5 Å². The first-order chi connectivity index (χ1) is 17.6. The van der Waals surface area contributed by atoms with E-state index in [9.17, 15) is 9.90 Å². The van der Waals surface area contributed by atoms with Crippen LogP contribution in [0, 0.1) is 0 Å². The molecular formula is C32H34N2O2. The van der Waals surface area contributed by atoms with Crippen molar-refractivity contribution >= 4 is 5.91 Å². The van der Waals surface area contributed by atoms with Crippen molar-refractivity contribution in [1.29, 1.82) is 0 Å². The van der Waals surface area contributed by atoms with Gasteiger partial charge in [-0.1, -0.05) is 121 Å². The minimum absolute atomic E-state index is 0.0790. The van der Waals surface area contributed by atoms with Gasteiger partial charge in [-0.25, -0.2) is 0 Å². The van der Waals surface area contributed by atoms with Gasteiger partial charge < -0.3 is 15.7 Å². The van der Waals surface area contributed by atoms with Gasteiger partial charge in [0.1, 0.15) is 0 Å². The lowest BCUT2D eigenvalue weighted by molar-refractivity contribution is -0.123. The zero-order chi connectivity index (χ0) is 25.2. The van der Waals surface area contributed by atoms with E-state index in [0.29, 0.717) is 13.0 Å². The summed E-state index contributed by atoms with van der Waals surface area (Å²) in [5, 5.41) is 17.9. The first-order valence-corrected chi connectivity index (χ1v) is 12.5. The molecule has 4 aromatic rings. The largest absolute Gasteiger partial charge is 0.390 e. The number of aliphatic hydroxyl groups excluding tert-OH is 1. The Kier molecular flexibility index (Phi) is 9.03. The number of hydrogen-bond acceptors (Lipinski definition) is 3. The highest BCUT2D eigenvalue weighted by Crippen LogP contribution is 2.25. The van der Waals surface area contributed by atoms with Gasteiger partial charge in [0.2, 0.25) is 5.91 Å². The maximum absolute atomic E-state index is 13.8. The van der Waals surface area contributed by atoms with Gasteiger partial charge in [0.25, 0.3) is 0 Å². The predicted octanol–water partition coefficient (Wildman–Crippen LogP) is 5.26. The fraction of sp³-hybridized carbons (Fsp3) is 0.219. The Balaban J connectivity index is 1.53. The van der Waals surface area contributed by atoms with Gasteiger partial charge in [-0.3, -0.25) is 4.79 Å². The molecule has 0 fully saturated rings.